The van der Waals surface area contributed by atoms with Crippen LogP contribution in [0.25, 0.3) is 0 Å². The van der Waals surface area contributed by atoms with Gasteiger partial charge in [0.1, 0.15) is 5.82 Å². The molecule has 3 heteroatoms. The normalized spacial score (nSPS) is 13.8. The Hall–Kier alpha value is -2.00. The number of halogens is 1. The lowest BCUT2D eigenvalue weighted by atomic mass is 9.86. The molecule has 0 spiro atoms. The quantitative estimate of drug-likeness (QED) is 0.915. The minimum absolute atomic E-state index is 0.00539. The molecule has 0 amide bonds. The van der Waals surface area contributed by atoms with Gasteiger partial charge in [-0.25, -0.2) is 4.39 Å². The van der Waals surface area contributed by atoms with E-state index < -0.39 is 5.54 Å². The molecule has 0 saturated carbocycles. The molecule has 0 bridgehead atoms. The van der Waals surface area contributed by atoms with Crippen LogP contribution in [0.15, 0.2) is 54.6 Å². The molecule has 2 nitrogen and oxygen atoms in total. The second-order valence-corrected chi connectivity index (χ2v) is 4.76. The second kappa shape index (κ2) is 5.33. The Kier molecular flexibility index (Phi) is 3.76. The van der Waals surface area contributed by atoms with Crippen LogP contribution in [0.2, 0.25) is 0 Å². The molecule has 0 aromatic heterocycles. The van der Waals surface area contributed by atoms with Gasteiger partial charge in [-0.1, -0.05) is 48.5 Å². The van der Waals surface area contributed by atoms with Crippen molar-refractivity contribution in [2.24, 2.45) is 5.73 Å². The van der Waals surface area contributed by atoms with Gasteiger partial charge >= 0.3 is 0 Å². The third-order valence-electron chi connectivity index (χ3n) is 3.26. The standard InChI is InChI=1S/C16H16FNO/c1-16(18,13-8-3-2-4-9-13)15(19)11-12-7-5-6-10-14(12)17/h2-10H,11,18H2,1H3. The fourth-order valence-electron chi connectivity index (χ4n) is 1.94. The van der Waals surface area contributed by atoms with Gasteiger partial charge in [0.25, 0.3) is 0 Å². The number of carbonyl (C=O) groups excluding carboxylic acids is 1. The van der Waals surface area contributed by atoms with Gasteiger partial charge in [-0.05, 0) is 24.1 Å². The number of Topliss-reactive ketones (excluding diaryl/α,β-unsaturated/α-hetero) is 1. The molecule has 0 aliphatic rings. The maximum atomic E-state index is 13.5. The number of rotatable bonds is 4. The highest BCUT2D eigenvalue weighted by Crippen LogP contribution is 2.21. The second-order valence-electron chi connectivity index (χ2n) is 4.76. The third kappa shape index (κ3) is 2.88. The van der Waals surface area contributed by atoms with Gasteiger partial charge in [0.15, 0.2) is 5.78 Å². The smallest absolute Gasteiger partial charge is 0.161 e. The predicted octanol–water partition coefficient (Wildman–Crippen LogP) is 2.81. The Bertz CT molecular complexity index is 578. The zero-order chi connectivity index (χ0) is 13.9. The molecule has 0 aliphatic heterocycles. The first-order chi connectivity index (χ1) is 9.01. The predicted molar refractivity (Wildman–Crippen MR) is 73.1 cm³/mol. The molecular formula is C16H16FNO. The molecule has 98 valence electrons. The van der Waals surface area contributed by atoms with Crippen LogP contribution >= 0.6 is 0 Å². The summed E-state index contributed by atoms with van der Waals surface area (Å²) in [6, 6.07) is 15.4. The van der Waals surface area contributed by atoms with Crippen molar-refractivity contribution in [1.82, 2.24) is 0 Å². The molecule has 0 saturated heterocycles. The first-order valence-electron chi connectivity index (χ1n) is 6.13. The zero-order valence-corrected chi connectivity index (χ0v) is 10.8. The summed E-state index contributed by atoms with van der Waals surface area (Å²) in [6.07, 6.45) is -0.00539. The van der Waals surface area contributed by atoms with Crippen molar-refractivity contribution in [1.29, 1.82) is 0 Å². The fourth-order valence-corrected chi connectivity index (χ4v) is 1.94. The molecule has 0 heterocycles. The molecule has 2 aromatic rings. The molecule has 0 radical (unpaired) electrons. The first kappa shape index (κ1) is 13.4. The monoisotopic (exact) mass is 257 g/mol. The van der Waals surface area contributed by atoms with Gasteiger partial charge in [-0.2, -0.15) is 0 Å². The fraction of sp³-hybridized carbons (Fsp3) is 0.188. The number of nitrogens with two attached hydrogens (primary N) is 1. The average Bonchev–Trinajstić information content (AvgIpc) is 2.42. The molecule has 2 aromatic carbocycles. The largest absolute Gasteiger partial charge is 0.315 e. The third-order valence-corrected chi connectivity index (χ3v) is 3.26. The van der Waals surface area contributed by atoms with Crippen LogP contribution in [0.1, 0.15) is 18.1 Å². The minimum atomic E-state index is -1.11. The minimum Gasteiger partial charge on any atom is -0.315 e. The Morgan fingerprint density at radius 3 is 2.32 bits per heavy atom. The van der Waals surface area contributed by atoms with Crippen LogP contribution in [0.4, 0.5) is 4.39 Å². The maximum absolute atomic E-state index is 13.5. The molecular weight excluding hydrogens is 241 g/mol. The van der Waals surface area contributed by atoms with E-state index in [9.17, 15) is 9.18 Å². The summed E-state index contributed by atoms with van der Waals surface area (Å²) >= 11 is 0. The number of benzene rings is 2. The Morgan fingerprint density at radius 1 is 1.11 bits per heavy atom. The van der Waals surface area contributed by atoms with E-state index in [2.05, 4.69) is 0 Å². The summed E-state index contributed by atoms with van der Waals surface area (Å²) in [5, 5.41) is 0. The van der Waals surface area contributed by atoms with E-state index in [1.165, 1.54) is 6.07 Å². The van der Waals surface area contributed by atoms with Crippen molar-refractivity contribution in [2.75, 3.05) is 0 Å². The number of ketones is 1. The van der Waals surface area contributed by atoms with Gasteiger partial charge in [-0.15, -0.1) is 0 Å². The highest BCUT2D eigenvalue weighted by atomic mass is 19.1. The maximum Gasteiger partial charge on any atom is 0.161 e. The van der Waals surface area contributed by atoms with E-state index in [0.29, 0.717) is 5.56 Å². The highest BCUT2D eigenvalue weighted by molar-refractivity contribution is 5.90. The summed E-state index contributed by atoms with van der Waals surface area (Å²) in [6.45, 7) is 1.66. The van der Waals surface area contributed by atoms with E-state index in [4.69, 9.17) is 5.73 Å². The first-order valence-corrected chi connectivity index (χ1v) is 6.13. The van der Waals surface area contributed by atoms with Crippen LogP contribution in [0, 0.1) is 5.82 Å². The van der Waals surface area contributed by atoms with Crippen molar-refractivity contribution in [3.63, 3.8) is 0 Å². The molecule has 2 N–H and O–H groups in total. The zero-order valence-electron chi connectivity index (χ0n) is 10.8. The molecule has 19 heavy (non-hydrogen) atoms. The van der Waals surface area contributed by atoms with Crippen LogP contribution in [-0.4, -0.2) is 5.78 Å². The van der Waals surface area contributed by atoms with Crippen molar-refractivity contribution < 1.29 is 9.18 Å². The van der Waals surface area contributed by atoms with E-state index in [1.54, 1.807) is 37.3 Å². The summed E-state index contributed by atoms with van der Waals surface area (Å²) in [7, 11) is 0. The molecule has 1 atom stereocenters. The Morgan fingerprint density at radius 2 is 1.68 bits per heavy atom. The molecule has 0 fully saturated rings. The summed E-state index contributed by atoms with van der Waals surface area (Å²) in [5.74, 6) is -0.580. The van der Waals surface area contributed by atoms with Gasteiger partial charge in [0.2, 0.25) is 0 Å². The summed E-state index contributed by atoms with van der Waals surface area (Å²) in [5.41, 5.74) is 6.11. The van der Waals surface area contributed by atoms with Gasteiger partial charge in [0, 0.05) is 6.42 Å². The van der Waals surface area contributed by atoms with Crippen LogP contribution < -0.4 is 5.73 Å². The van der Waals surface area contributed by atoms with Crippen LogP contribution in [0.3, 0.4) is 0 Å². The summed E-state index contributed by atoms with van der Waals surface area (Å²) < 4.78 is 13.5. The van der Waals surface area contributed by atoms with Crippen molar-refractivity contribution in [3.05, 3.63) is 71.5 Å². The van der Waals surface area contributed by atoms with E-state index in [0.717, 1.165) is 5.56 Å². The molecule has 1 unspecified atom stereocenters. The average molecular weight is 257 g/mol. The number of hydrogen-bond donors (Lipinski definition) is 1. The molecule has 0 aliphatic carbocycles. The van der Waals surface area contributed by atoms with Gasteiger partial charge in [-0.3, -0.25) is 4.79 Å². The van der Waals surface area contributed by atoms with E-state index >= 15 is 0 Å². The molecule has 2 rings (SSSR count). The van der Waals surface area contributed by atoms with Crippen LogP contribution in [0.5, 0.6) is 0 Å². The number of carbonyl (C=O) groups is 1. The van der Waals surface area contributed by atoms with Crippen molar-refractivity contribution in [2.45, 2.75) is 18.9 Å². The summed E-state index contributed by atoms with van der Waals surface area (Å²) in [4.78, 5) is 12.3. The number of hydrogen-bond acceptors (Lipinski definition) is 2. The van der Waals surface area contributed by atoms with Gasteiger partial charge in [0.05, 0.1) is 5.54 Å². The van der Waals surface area contributed by atoms with Crippen molar-refractivity contribution in [3.8, 4) is 0 Å². The topological polar surface area (TPSA) is 43.1 Å². The van der Waals surface area contributed by atoms with E-state index in [-0.39, 0.29) is 18.0 Å². The van der Waals surface area contributed by atoms with Crippen LogP contribution in [-0.2, 0) is 16.8 Å². The van der Waals surface area contributed by atoms with Crippen molar-refractivity contribution >= 4 is 5.78 Å². The van der Waals surface area contributed by atoms with E-state index in [1.807, 2.05) is 18.2 Å². The Labute approximate surface area is 112 Å². The lowest BCUT2D eigenvalue weighted by Crippen LogP contribution is -2.42. The highest BCUT2D eigenvalue weighted by Gasteiger charge is 2.30. The lowest BCUT2D eigenvalue weighted by molar-refractivity contribution is -0.123. The lowest BCUT2D eigenvalue weighted by Gasteiger charge is -2.23. The Balaban J connectivity index is 2.23. The SMILES string of the molecule is CC(N)(C(=O)Cc1ccccc1F)c1ccccc1. The van der Waals surface area contributed by atoms with Gasteiger partial charge < -0.3 is 5.73 Å².